The molecule has 1 heterocycles. The van der Waals surface area contributed by atoms with Crippen LogP contribution in [0.3, 0.4) is 0 Å². The molecule has 2 rings (SSSR count). The van der Waals surface area contributed by atoms with E-state index >= 15 is 0 Å². The Labute approximate surface area is 120 Å². The lowest BCUT2D eigenvalue weighted by Crippen LogP contribution is -2.21. The maximum atomic E-state index is 12.4. The highest BCUT2D eigenvalue weighted by molar-refractivity contribution is 6.28. The molecular formula is C13H15ClN2O4. The Hall–Kier alpha value is -1.95. The van der Waals surface area contributed by atoms with E-state index in [-0.39, 0.29) is 10.8 Å². The molecule has 6 nitrogen and oxygen atoms in total. The maximum Gasteiger partial charge on any atom is 0.262 e. The summed E-state index contributed by atoms with van der Waals surface area (Å²) in [5.41, 5.74) is 0.103. The van der Waals surface area contributed by atoms with E-state index in [1.54, 1.807) is 6.07 Å². The summed E-state index contributed by atoms with van der Waals surface area (Å²) in [7, 11) is 4.45. The number of nitrogens with zero attached hydrogens (tertiary/aromatic N) is 2. The number of ether oxygens (including phenoxy) is 3. The van der Waals surface area contributed by atoms with Gasteiger partial charge in [-0.2, -0.15) is 0 Å². The fraction of sp³-hybridized carbons (Fsp3) is 0.385. The van der Waals surface area contributed by atoms with Gasteiger partial charge in [-0.05, 0) is 24.6 Å². The Balaban J connectivity index is 2.99. The van der Waals surface area contributed by atoms with E-state index in [4.69, 9.17) is 25.8 Å². The van der Waals surface area contributed by atoms with Gasteiger partial charge in [0, 0.05) is 6.54 Å². The largest absolute Gasteiger partial charge is 0.493 e. The van der Waals surface area contributed by atoms with Crippen LogP contribution in [0.15, 0.2) is 10.9 Å². The van der Waals surface area contributed by atoms with Gasteiger partial charge in [-0.15, -0.1) is 0 Å². The number of halogens is 1. The number of hydrogen-bond acceptors (Lipinski definition) is 5. The van der Waals surface area contributed by atoms with Gasteiger partial charge in [-0.1, -0.05) is 0 Å². The standard InChI is InChI=1S/C13H15ClN2O4/c1-5-16-12(17)7-6-8(18-2)10(19-3)11(20-4)9(7)15-13(16)14/h6H,5H2,1-4H3. The summed E-state index contributed by atoms with van der Waals surface area (Å²) in [6.45, 7) is 2.25. The topological polar surface area (TPSA) is 62.6 Å². The van der Waals surface area contributed by atoms with Crippen molar-refractivity contribution in [3.05, 3.63) is 21.7 Å². The van der Waals surface area contributed by atoms with E-state index in [1.807, 2.05) is 6.92 Å². The number of fused-ring (bicyclic) bond motifs is 1. The fourth-order valence-electron chi connectivity index (χ4n) is 2.07. The lowest BCUT2D eigenvalue weighted by molar-refractivity contribution is 0.326. The molecule has 0 unspecified atom stereocenters. The number of hydrogen-bond donors (Lipinski definition) is 0. The molecule has 0 N–H and O–H groups in total. The molecule has 0 spiro atoms. The lowest BCUT2D eigenvalue weighted by Gasteiger charge is -2.15. The number of aromatic nitrogens is 2. The molecule has 0 radical (unpaired) electrons. The highest BCUT2D eigenvalue weighted by Crippen LogP contribution is 2.41. The highest BCUT2D eigenvalue weighted by atomic mass is 35.5. The van der Waals surface area contributed by atoms with Gasteiger partial charge in [-0.3, -0.25) is 9.36 Å². The minimum absolute atomic E-state index is 0.107. The van der Waals surface area contributed by atoms with Crippen LogP contribution < -0.4 is 19.8 Å². The molecule has 0 aliphatic carbocycles. The van der Waals surface area contributed by atoms with Crippen molar-refractivity contribution in [3.8, 4) is 17.2 Å². The Kier molecular flexibility index (Phi) is 4.04. The first-order valence-electron chi connectivity index (χ1n) is 5.98. The molecule has 2 aromatic rings. The molecule has 0 aliphatic rings. The average Bonchev–Trinajstić information content (AvgIpc) is 2.45. The summed E-state index contributed by atoms with van der Waals surface area (Å²) in [4.78, 5) is 16.6. The molecule has 0 saturated heterocycles. The predicted octanol–water partition coefficient (Wildman–Crippen LogP) is 2.10. The molecule has 7 heteroatoms. The van der Waals surface area contributed by atoms with Crippen LogP contribution in [0.4, 0.5) is 0 Å². The average molecular weight is 299 g/mol. The SMILES string of the molecule is CCn1c(Cl)nc2c(OC)c(OC)c(OC)cc2c1=O. The number of methoxy groups -OCH3 is 3. The molecule has 1 aromatic heterocycles. The van der Waals surface area contributed by atoms with Crippen LogP contribution in [0.5, 0.6) is 17.2 Å². The summed E-state index contributed by atoms with van der Waals surface area (Å²) in [5, 5.41) is 0.473. The van der Waals surface area contributed by atoms with Crippen LogP contribution in [0.1, 0.15) is 6.92 Å². The molecule has 0 atom stereocenters. The van der Waals surface area contributed by atoms with Crippen LogP contribution in [0, 0.1) is 0 Å². The maximum absolute atomic E-state index is 12.4. The first kappa shape index (κ1) is 14.5. The minimum Gasteiger partial charge on any atom is -0.493 e. The van der Waals surface area contributed by atoms with Crippen molar-refractivity contribution in [3.63, 3.8) is 0 Å². The molecule has 20 heavy (non-hydrogen) atoms. The van der Waals surface area contributed by atoms with E-state index in [0.717, 1.165) is 0 Å². The quantitative estimate of drug-likeness (QED) is 0.809. The normalized spacial score (nSPS) is 10.7. The Morgan fingerprint density at radius 3 is 2.35 bits per heavy atom. The summed E-state index contributed by atoms with van der Waals surface area (Å²) in [6.07, 6.45) is 0. The second-order valence-corrected chi connectivity index (χ2v) is 4.31. The van der Waals surface area contributed by atoms with Gasteiger partial charge in [0.1, 0.15) is 5.52 Å². The predicted molar refractivity (Wildman–Crippen MR) is 76.3 cm³/mol. The van der Waals surface area contributed by atoms with Crippen molar-refractivity contribution in [1.29, 1.82) is 0 Å². The van der Waals surface area contributed by atoms with E-state index in [0.29, 0.717) is 34.7 Å². The summed E-state index contributed by atoms with van der Waals surface area (Å²) < 4.78 is 17.2. The molecule has 0 aliphatic heterocycles. The molecule has 0 bridgehead atoms. The third kappa shape index (κ3) is 2.06. The third-order valence-corrected chi connectivity index (χ3v) is 3.31. The summed E-state index contributed by atoms with van der Waals surface area (Å²) >= 11 is 6.03. The van der Waals surface area contributed by atoms with Crippen molar-refractivity contribution >= 4 is 22.5 Å². The first-order valence-corrected chi connectivity index (χ1v) is 6.35. The number of benzene rings is 1. The molecule has 0 fully saturated rings. The fourth-order valence-corrected chi connectivity index (χ4v) is 2.35. The van der Waals surface area contributed by atoms with Crippen LogP contribution in [0.25, 0.3) is 10.9 Å². The monoisotopic (exact) mass is 298 g/mol. The summed E-state index contributed by atoms with van der Waals surface area (Å²) in [6, 6.07) is 1.58. The van der Waals surface area contributed by atoms with Crippen LogP contribution in [-0.2, 0) is 6.54 Å². The zero-order chi connectivity index (χ0) is 14.9. The van der Waals surface area contributed by atoms with Crippen molar-refractivity contribution in [1.82, 2.24) is 9.55 Å². The molecule has 0 amide bonds. The minimum atomic E-state index is -0.248. The van der Waals surface area contributed by atoms with Crippen LogP contribution >= 0.6 is 11.6 Å². The second kappa shape index (κ2) is 5.58. The van der Waals surface area contributed by atoms with E-state index in [1.165, 1.54) is 25.9 Å². The first-order chi connectivity index (χ1) is 9.58. The number of rotatable bonds is 4. The van der Waals surface area contributed by atoms with Crippen LogP contribution in [0.2, 0.25) is 5.28 Å². The van der Waals surface area contributed by atoms with E-state index in [2.05, 4.69) is 4.98 Å². The van der Waals surface area contributed by atoms with Gasteiger partial charge in [-0.25, -0.2) is 4.98 Å². The van der Waals surface area contributed by atoms with Gasteiger partial charge in [0.2, 0.25) is 11.0 Å². The van der Waals surface area contributed by atoms with Gasteiger partial charge in [0.25, 0.3) is 5.56 Å². The Bertz CT molecular complexity index is 712. The van der Waals surface area contributed by atoms with Gasteiger partial charge in [0.15, 0.2) is 11.5 Å². The van der Waals surface area contributed by atoms with Crippen molar-refractivity contribution in [2.45, 2.75) is 13.5 Å². The van der Waals surface area contributed by atoms with Gasteiger partial charge in [0.05, 0.1) is 26.7 Å². The van der Waals surface area contributed by atoms with Crippen molar-refractivity contribution in [2.24, 2.45) is 0 Å². The van der Waals surface area contributed by atoms with E-state index < -0.39 is 0 Å². The Morgan fingerprint density at radius 2 is 1.85 bits per heavy atom. The van der Waals surface area contributed by atoms with Crippen LogP contribution in [-0.4, -0.2) is 30.9 Å². The zero-order valence-corrected chi connectivity index (χ0v) is 12.4. The Morgan fingerprint density at radius 1 is 1.20 bits per heavy atom. The third-order valence-electron chi connectivity index (χ3n) is 3.02. The summed E-state index contributed by atoms with van der Waals surface area (Å²) in [5.74, 6) is 1.10. The zero-order valence-electron chi connectivity index (χ0n) is 11.7. The molecule has 0 saturated carbocycles. The smallest absolute Gasteiger partial charge is 0.262 e. The van der Waals surface area contributed by atoms with Gasteiger partial charge >= 0.3 is 0 Å². The second-order valence-electron chi connectivity index (χ2n) is 3.97. The highest BCUT2D eigenvalue weighted by Gasteiger charge is 2.20. The van der Waals surface area contributed by atoms with Crippen molar-refractivity contribution < 1.29 is 14.2 Å². The lowest BCUT2D eigenvalue weighted by atomic mass is 10.2. The molecule has 1 aromatic carbocycles. The molecular weight excluding hydrogens is 284 g/mol. The van der Waals surface area contributed by atoms with E-state index in [9.17, 15) is 4.79 Å². The van der Waals surface area contributed by atoms with Gasteiger partial charge < -0.3 is 14.2 Å². The van der Waals surface area contributed by atoms with Crippen molar-refractivity contribution in [2.75, 3.05) is 21.3 Å². The molecule has 108 valence electrons.